The van der Waals surface area contributed by atoms with Crippen molar-refractivity contribution in [1.82, 2.24) is 0 Å². The molecule has 0 rings (SSSR count). The van der Waals surface area contributed by atoms with Crippen LogP contribution in [0.4, 0.5) is 0 Å². The zero-order valence-corrected chi connectivity index (χ0v) is 48.9. The first-order valence-corrected chi connectivity index (χ1v) is 32.1. The number of carbonyl (C=O) groups is 3. The van der Waals surface area contributed by atoms with Gasteiger partial charge >= 0.3 is 17.9 Å². The van der Waals surface area contributed by atoms with Crippen molar-refractivity contribution in [3.8, 4) is 0 Å². The molecule has 0 radical (unpaired) electrons. The van der Waals surface area contributed by atoms with Crippen LogP contribution in [0.1, 0.15) is 342 Å². The number of hydrogen-bond acceptors (Lipinski definition) is 6. The van der Waals surface area contributed by atoms with Crippen molar-refractivity contribution in [3.05, 3.63) is 48.6 Å². The van der Waals surface area contributed by atoms with Gasteiger partial charge in [0, 0.05) is 19.3 Å². The molecule has 0 amide bonds. The Labute approximate surface area is 454 Å². The summed E-state index contributed by atoms with van der Waals surface area (Å²) < 4.78 is 16.9. The molecule has 6 nitrogen and oxygen atoms in total. The molecular weight excluding hydrogens is 901 g/mol. The van der Waals surface area contributed by atoms with Crippen LogP contribution in [-0.2, 0) is 28.6 Å². The predicted molar refractivity (Wildman–Crippen MR) is 316 cm³/mol. The van der Waals surface area contributed by atoms with Crippen molar-refractivity contribution in [2.24, 2.45) is 0 Å². The second kappa shape index (κ2) is 61.9. The van der Waals surface area contributed by atoms with Gasteiger partial charge in [0.25, 0.3) is 0 Å². The second-order valence-corrected chi connectivity index (χ2v) is 21.7. The van der Waals surface area contributed by atoms with Gasteiger partial charge in [-0.2, -0.15) is 0 Å². The first kappa shape index (κ1) is 70.4. The molecule has 426 valence electrons. The standard InChI is InChI=1S/C67H122O6/c1-4-7-10-13-16-19-21-23-25-26-27-28-29-30-31-32-33-34-35-36-37-38-39-40-42-43-45-48-51-54-57-60-66(69)72-63-64(62-71-65(68)59-56-53-50-47-18-15-12-9-6-3)73-67(70)61-58-55-52-49-46-44-41-24-22-20-17-14-11-8-5-2/h21,23-24,26-27,29-30,41,64H,4-20,22,25,28,31-40,42-63H2,1-3H3/b23-21-,27-26-,30-29-,41-24-. The van der Waals surface area contributed by atoms with E-state index in [9.17, 15) is 14.4 Å². The lowest BCUT2D eigenvalue weighted by Crippen LogP contribution is -2.30. The maximum Gasteiger partial charge on any atom is 0.306 e. The Bertz CT molecular complexity index is 1270. The maximum atomic E-state index is 12.8. The van der Waals surface area contributed by atoms with Gasteiger partial charge in [0.15, 0.2) is 6.10 Å². The highest BCUT2D eigenvalue weighted by Crippen LogP contribution is 2.17. The fraction of sp³-hybridized carbons (Fsp3) is 0.836. The largest absolute Gasteiger partial charge is 0.462 e. The summed E-state index contributed by atoms with van der Waals surface area (Å²) in [5.74, 6) is -0.866. The Morgan fingerprint density at radius 1 is 0.274 bits per heavy atom. The van der Waals surface area contributed by atoms with Crippen LogP contribution in [0, 0.1) is 0 Å². The van der Waals surface area contributed by atoms with E-state index in [2.05, 4.69) is 69.4 Å². The molecular formula is C67H122O6. The quantitative estimate of drug-likeness (QED) is 0.0261. The lowest BCUT2D eigenvalue weighted by molar-refractivity contribution is -0.167. The van der Waals surface area contributed by atoms with E-state index in [1.165, 1.54) is 225 Å². The number of esters is 3. The highest BCUT2D eigenvalue weighted by Gasteiger charge is 2.19. The van der Waals surface area contributed by atoms with Gasteiger partial charge in [-0.3, -0.25) is 14.4 Å². The fourth-order valence-electron chi connectivity index (χ4n) is 9.45. The van der Waals surface area contributed by atoms with Crippen LogP contribution in [0.15, 0.2) is 48.6 Å². The first-order chi connectivity index (χ1) is 36.0. The summed E-state index contributed by atoms with van der Waals surface area (Å²) >= 11 is 0. The van der Waals surface area contributed by atoms with Gasteiger partial charge in [0.1, 0.15) is 13.2 Å². The highest BCUT2D eigenvalue weighted by molar-refractivity contribution is 5.71. The van der Waals surface area contributed by atoms with Crippen LogP contribution in [0.5, 0.6) is 0 Å². The van der Waals surface area contributed by atoms with Crippen LogP contribution in [-0.4, -0.2) is 37.2 Å². The third-order valence-corrected chi connectivity index (χ3v) is 14.3. The molecule has 0 heterocycles. The number of ether oxygens (including phenoxy) is 3. The molecule has 0 aromatic heterocycles. The minimum Gasteiger partial charge on any atom is -0.462 e. The Morgan fingerprint density at radius 2 is 0.493 bits per heavy atom. The third-order valence-electron chi connectivity index (χ3n) is 14.3. The average molecular weight is 1020 g/mol. The summed E-state index contributed by atoms with van der Waals surface area (Å²) in [6, 6.07) is 0. The first-order valence-electron chi connectivity index (χ1n) is 32.1. The van der Waals surface area contributed by atoms with Crippen molar-refractivity contribution in [2.75, 3.05) is 13.2 Å². The number of carbonyl (C=O) groups excluding carboxylic acids is 3. The monoisotopic (exact) mass is 1020 g/mol. The molecule has 0 aliphatic carbocycles. The predicted octanol–water partition coefficient (Wildman–Crippen LogP) is 21.8. The molecule has 0 aromatic carbocycles. The Kier molecular flexibility index (Phi) is 59.7. The van der Waals surface area contributed by atoms with Crippen molar-refractivity contribution in [2.45, 2.75) is 348 Å². The lowest BCUT2D eigenvalue weighted by Gasteiger charge is -2.18. The van der Waals surface area contributed by atoms with Gasteiger partial charge in [-0.1, -0.05) is 288 Å². The molecule has 73 heavy (non-hydrogen) atoms. The van der Waals surface area contributed by atoms with Gasteiger partial charge < -0.3 is 14.2 Å². The van der Waals surface area contributed by atoms with E-state index >= 15 is 0 Å². The zero-order valence-electron chi connectivity index (χ0n) is 48.9. The molecule has 1 unspecified atom stereocenters. The van der Waals surface area contributed by atoms with E-state index in [0.717, 1.165) is 77.0 Å². The Balaban J connectivity index is 4.08. The average Bonchev–Trinajstić information content (AvgIpc) is 3.39. The zero-order chi connectivity index (χ0) is 52.9. The van der Waals surface area contributed by atoms with Gasteiger partial charge in [-0.15, -0.1) is 0 Å². The van der Waals surface area contributed by atoms with Crippen LogP contribution in [0.2, 0.25) is 0 Å². The van der Waals surface area contributed by atoms with E-state index in [1.54, 1.807) is 0 Å². The normalized spacial score (nSPS) is 12.3. The van der Waals surface area contributed by atoms with E-state index < -0.39 is 6.10 Å². The number of allylic oxidation sites excluding steroid dienone is 8. The summed E-state index contributed by atoms with van der Waals surface area (Å²) in [4.78, 5) is 38.1. The summed E-state index contributed by atoms with van der Waals surface area (Å²) in [5, 5.41) is 0. The Morgan fingerprint density at radius 3 is 0.781 bits per heavy atom. The van der Waals surface area contributed by atoms with Crippen molar-refractivity contribution in [3.63, 3.8) is 0 Å². The molecule has 0 saturated heterocycles. The maximum absolute atomic E-state index is 12.8. The third kappa shape index (κ3) is 60.1. The molecule has 0 aromatic rings. The molecule has 0 saturated carbocycles. The molecule has 0 N–H and O–H groups in total. The lowest BCUT2D eigenvalue weighted by atomic mass is 10.0. The second-order valence-electron chi connectivity index (χ2n) is 21.7. The minimum absolute atomic E-state index is 0.0722. The number of hydrogen-bond donors (Lipinski definition) is 0. The summed E-state index contributed by atoms with van der Waals surface area (Å²) in [5.41, 5.74) is 0. The summed E-state index contributed by atoms with van der Waals surface area (Å²) in [6.07, 6.45) is 77.1. The van der Waals surface area contributed by atoms with E-state index in [-0.39, 0.29) is 31.1 Å². The van der Waals surface area contributed by atoms with Gasteiger partial charge in [0.05, 0.1) is 0 Å². The molecule has 0 aliphatic rings. The molecule has 0 bridgehead atoms. The Hall–Kier alpha value is -2.63. The van der Waals surface area contributed by atoms with Crippen molar-refractivity contribution < 1.29 is 28.6 Å². The molecule has 6 heteroatoms. The number of rotatable bonds is 59. The summed E-state index contributed by atoms with van der Waals surface area (Å²) in [6.45, 7) is 6.63. The van der Waals surface area contributed by atoms with Gasteiger partial charge in [-0.05, 0) is 83.5 Å². The minimum atomic E-state index is -0.773. The van der Waals surface area contributed by atoms with Crippen LogP contribution >= 0.6 is 0 Å². The highest BCUT2D eigenvalue weighted by atomic mass is 16.6. The van der Waals surface area contributed by atoms with Crippen LogP contribution in [0.25, 0.3) is 0 Å². The van der Waals surface area contributed by atoms with Crippen LogP contribution < -0.4 is 0 Å². The smallest absolute Gasteiger partial charge is 0.306 e. The molecule has 0 spiro atoms. The topological polar surface area (TPSA) is 78.9 Å². The van der Waals surface area contributed by atoms with Gasteiger partial charge in [0.2, 0.25) is 0 Å². The molecule has 1 atom stereocenters. The van der Waals surface area contributed by atoms with Gasteiger partial charge in [-0.25, -0.2) is 0 Å². The molecule has 0 aliphatic heterocycles. The van der Waals surface area contributed by atoms with E-state index in [4.69, 9.17) is 14.2 Å². The van der Waals surface area contributed by atoms with E-state index in [0.29, 0.717) is 19.3 Å². The SMILES string of the molecule is CCCCCCC/C=C\C/C=C\C/C=C\CCCCCCCCCCCCCCCCCCC(=O)OCC(COC(=O)CCCCCCCCCCC)OC(=O)CCCCCCC/C=C\CCCCCCCC. The van der Waals surface area contributed by atoms with Crippen molar-refractivity contribution >= 4 is 17.9 Å². The van der Waals surface area contributed by atoms with E-state index in [1.807, 2.05) is 0 Å². The van der Waals surface area contributed by atoms with Crippen molar-refractivity contribution in [1.29, 1.82) is 0 Å². The molecule has 0 fully saturated rings. The fourth-order valence-corrected chi connectivity index (χ4v) is 9.45. The van der Waals surface area contributed by atoms with Crippen LogP contribution in [0.3, 0.4) is 0 Å². The summed E-state index contributed by atoms with van der Waals surface area (Å²) in [7, 11) is 0. The number of unbranched alkanes of at least 4 members (excludes halogenated alkanes) is 40.